The third-order valence-corrected chi connectivity index (χ3v) is 8.79. The standard InChI is InChI=1S/C21H27N3O6S2/c1-15-6-9-19(31(26,27)22-2)13-20(15)23-21(25)16-5-4-12-24(14-16)32(28,29)18-10-7-17(30-3)8-11-18/h6-11,13,16,22H,4-5,12,14H2,1-3H3,(H,23,25)/t16-/m0/s1. The first-order chi connectivity index (χ1) is 15.1. The highest BCUT2D eigenvalue weighted by Gasteiger charge is 2.33. The van der Waals surface area contributed by atoms with Crippen LogP contribution in [0.1, 0.15) is 18.4 Å². The van der Waals surface area contributed by atoms with Crippen LogP contribution in [-0.4, -0.2) is 54.3 Å². The Labute approximate surface area is 188 Å². The van der Waals surface area contributed by atoms with Crippen LogP contribution in [-0.2, 0) is 24.8 Å². The number of amides is 1. The van der Waals surface area contributed by atoms with Gasteiger partial charge in [-0.3, -0.25) is 4.79 Å². The number of benzene rings is 2. The second-order valence-electron chi connectivity index (χ2n) is 7.55. The van der Waals surface area contributed by atoms with Crippen molar-refractivity contribution in [3.63, 3.8) is 0 Å². The minimum Gasteiger partial charge on any atom is -0.497 e. The van der Waals surface area contributed by atoms with E-state index < -0.39 is 26.0 Å². The molecule has 1 heterocycles. The number of hydrogen-bond donors (Lipinski definition) is 2. The first kappa shape index (κ1) is 24.2. The third-order valence-electron chi connectivity index (χ3n) is 5.50. The van der Waals surface area contributed by atoms with E-state index in [1.54, 1.807) is 25.1 Å². The van der Waals surface area contributed by atoms with Gasteiger partial charge in [0, 0.05) is 18.8 Å². The van der Waals surface area contributed by atoms with Crippen molar-refractivity contribution in [2.24, 2.45) is 5.92 Å². The molecule has 0 aromatic heterocycles. The molecule has 1 saturated heterocycles. The summed E-state index contributed by atoms with van der Waals surface area (Å²) in [4.78, 5) is 13.1. The summed E-state index contributed by atoms with van der Waals surface area (Å²) in [6.07, 6.45) is 1.08. The number of nitrogens with one attached hydrogen (secondary N) is 2. The smallest absolute Gasteiger partial charge is 0.243 e. The molecule has 1 fully saturated rings. The quantitative estimate of drug-likeness (QED) is 0.623. The molecule has 3 rings (SSSR count). The van der Waals surface area contributed by atoms with Gasteiger partial charge in [0.1, 0.15) is 5.75 Å². The van der Waals surface area contributed by atoms with Crippen LogP contribution in [0.25, 0.3) is 0 Å². The van der Waals surface area contributed by atoms with E-state index in [0.29, 0.717) is 36.4 Å². The number of aryl methyl sites for hydroxylation is 1. The number of hydrogen-bond acceptors (Lipinski definition) is 6. The highest BCUT2D eigenvalue weighted by atomic mass is 32.2. The van der Waals surface area contributed by atoms with Crippen LogP contribution >= 0.6 is 0 Å². The summed E-state index contributed by atoms with van der Waals surface area (Å²) in [5.74, 6) is -0.347. The average Bonchev–Trinajstić information content (AvgIpc) is 2.80. The SMILES string of the molecule is CNS(=O)(=O)c1ccc(C)c(NC(=O)[C@H]2CCCN(S(=O)(=O)c3ccc(OC)cc3)C2)c1. The lowest BCUT2D eigenvalue weighted by Crippen LogP contribution is -2.43. The van der Waals surface area contributed by atoms with Crippen LogP contribution < -0.4 is 14.8 Å². The van der Waals surface area contributed by atoms with Crippen LogP contribution in [0.2, 0.25) is 0 Å². The number of ether oxygens (including phenoxy) is 1. The third kappa shape index (κ3) is 5.12. The van der Waals surface area contributed by atoms with Crippen molar-refractivity contribution >= 4 is 31.6 Å². The van der Waals surface area contributed by atoms with Crippen LogP contribution in [0.3, 0.4) is 0 Å². The molecule has 0 spiro atoms. The van der Waals surface area contributed by atoms with Gasteiger partial charge in [0.25, 0.3) is 0 Å². The second kappa shape index (κ2) is 9.57. The number of carbonyl (C=O) groups is 1. The maximum Gasteiger partial charge on any atom is 0.243 e. The fourth-order valence-corrected chi connectivity index (χ4v) is 5.81. The Morgan fingerprint density at radius 2 is 1.72 bits per heavy atom. The van der Waals surface area contributed by atoms with Crippen molar-refractivity contribution in [1.29, 1.82) is 0 Å². The molecule has 0 aliphatic carbocycles. The largest absolute Gasteiger partial charge is 0.497 e. The topological polar surface area (TPSA) is 122 Å². The van der Waals surface area contributed by atoms with Crippen molar-refractivity contribution in [3.05, 3.63) is 48.0 Å². The molecule has 1 aliphatic rings. The van der Waals surface area contributed by atoms with Gasteiger partial charge in [-0.1, -0.05) is 6.07 Å². The van der Waals surface area contributed by atoms with Gasteiger partial charge in [0.15, 0.2) is 0 Å². The van der Waals surface area contributed by atoms with E-state index in [4.69, 9.17) is 4.74 Å². The Morgan fingerprint density at radius 3 is 2.34 bits per heavy atom. The van der Waals surface area contributed by atoms with Crippen molar-refractivity contribution < 1.29 is 26.4 Å². The normalized spacial score (nSPS) is 17.7. The van der Waals surface area contributed by atoms with Gasteiger partial charge in [0.05, 0.1) is 22.8 Å². The monoisotopic (exact) mass is 481 g/mol. The predicted molar refractivity (Wildman–Crippen MR) is 121 cm³/mol. The van der Waals surface area contributed by atoms with E-state index in [0.717, 1.165) is 0 Å². The van der Waals surface area contributed by atoms with Crippen LogP contribution in [0.4, 0.5) is 5.69 Å². The predicted octanol–water partition coefficient (Wildman–Crippen LogP) is 1.95. The fraction of sp³-hybridized carbons (Fsp3) is 0.381. The summed E-state index contributed by atoms with van der Waals surface area (Å²) in [6.45, 7) is 2.13. The van der Waals surface area contributed by atoms with Crippen LogP contribution in [0.15, 0.2) is 52.3 Å². The van der Waals surface area contributed by atoms with Gasteiger partial charge in [0.2, 0.25) is 26.0 Å². The maximum atomic E-state index is 13.0. The summed E-state index contributed by atoms with van der Waals surface area (Å²) in [7, 11) is -4.60. The number of methoxy groups -OCH3 is 1. The first-order valence-electron chi connectivity index (χ1n) is 10.1. The summed E-state index contributed by atoms with van der Waals surface area (Å²) < 4.78 is 58.9. The zero-order valence-electron chi connectivity index (χ0n) is 18.2. The summed E-state index contributed by atoms with van der Waals surface area (Å²) in [5, 5.41) is 2.77. The van der Waals surface area contributed by atoms with Gasteiger partial charge in [-0.2, -0.15) is 4.31 Å². The van der Waals surface area contributed by atoms with Crippen LogP contribution in [0.5, 0.6) is 5.75 Å². The van der Waals surface area contributed by atoms with E-state index in [1.807, 2.05) is 0 Å². The minimum absolute atomic E-state index is 0.0354. The molecule has 174 valence electrons. The molecule has 0 unspecified atom stereocenters. The molecule has 2 aromatic carbocycles. The van der Waals surface area contributed by atoms with Crippen LogP contribution in [0, 0.1) is 12.8 Å². The van der Waals surface area contributed by atoms with Crippen molar-refractivity contribution in [2.75, 3.05) is 32.6 Å². The molecule has 0 bridgehead atoms. The molecule has 32 heavy (non-hydrogen) atoms. The minimum atomic E-state index is -3.75. The zero-order chi connectivity index (χ0) is 23.5. The Hall–Kier alpha value is -2.47. The molecule has 1 atom stereocenters. The second-order valence-corrected chi connectivity index (χ2v) is 11.4. The van der Waals surface area contributed by atoms with Gasteiger partial charge >= 0.3 is 0 Å². The van der Waals surface area contributed by atoms with E-state index in [9.17, 15) is 21.6 Å². The summed E-state index contributed by atoms with van der Waals surface area (Å²) >= 11 is 0. The number of piperidine rings is 1. The van der Waals surface area contributed by atoms with Gasteiger partial charge in [-0.15, -0.1) is 0 Å². The molecular formula is C21H27N3O6S2. The lowest BCUT2D eigenvalue weighted by Gasteiger charge is -2.31. The lowest BCUT2D eigenvalue weighted by atomic mass is 9.98. The molecule has 2 N–H and O–H groups in total. The summed E-state index contributed by atoms with van der Waals surface area (Å²) in [6, 6.07) is 10.6. The van der Waals surface area contributed by atoms with Crippen molar-refractivity contribution in [2.45, 2.75) is 29.6 Å². The average molecular weight is 482 g/mol. The molecular weight excluding hydrogens is 454 g/mol. The number of anilines is 1. The molecule has 9 nitrogen and oxygen atoms in total. The number of nitrogens with zero attached hydrogens (tertiary/aromatic N) is 1. The number of sulfonamides is 2. The molecule has 1 aliphatic heterocycles. The Balaban J connectivity index is 1.77. The van der Waals surface area contributed by atoms with E-state index >= 15 is 0 Å². The van der Waals surface area contributed by atoms with Crippen molar-refractivity contribution in [3.8, 4) is 5.75 Å². The fourth-order valence-electron chi connectivity index (χ4n) is 3.53. The number of rotatable bonds is 7. The Bertz CT molecular complexity index is 1190. The Morgan fingerprint density at radius 1 is 1.06 bits per heavy atom. The van der Waals surface area contributed by atoms with E-state index in [1.165, 1.54) is 42.7 Å². The number of carbonyl (C=O) groups excluding carboxylic acids is 1. The maximum absolute atomic E-state index is 13.0. The molecule has 11 heteroatoms. The zero-order valence-corrected chi connectivity index (χ0v) is 19.8. The highest BCUT2D eigenvalue weighted by Crippen LogP contribution is 2.27. The van der Waals surface area contributed by atoms with Gasteiger partial charge < -0.3 is 10.1 Å². The van der Waals surface area contributed by atoms with Crippen molar-refractivity contribution in [1.82, 2.24) is 9.03 Å². The molecule has 1 amide bonds. The molecule has 0 saturated carbocycles. The summed E-state index contributed by atoms with van der Waals surface area (Å²) in [5.41, 5.74) is 1.08. The van der Waals surface area contributed by atoms with Gasteiger partial charge in [-0.05, 0) is 68.8 Å². The first-order valence-corrected chi connectivity index (χ1v) is 13.0. The van der Waals surface area contributed by atoms with E-state index in [2.05, 4.69) is 10.0 Å². The molecule has 2 aromatic rings. The molecule has 0 radical (unpaired) electrons. The van der Waals surface area contributed by atoms with E-state index in [-0.39, 0.29) is 22.2 Å². The Kier molecular flexibility index (Phi) is 7.23. The lowest BCUT2D eigenvalue weighted by molar-refractivity contribution is -0.120. The van der Waals surface area contributed by atoms with Gasteiger partial charge in [-0.25, -0.2) is 21.6 Å². The highest BCUT2D eigenvalue weighted by molar-refractivity contribution is 7.89.